The molecule has 0 heterocycles. The number of carbonyl (C=O) groups excluding carboxylic acids is 2. The molecule has 4 nitrogen and oxygen atoms in total. The van der Waals surface area contributed by atoms with Crippen LogP contribution in [0.4, 0.5) is 28.0 Å². The zero-order valence-corrected chi connectivity index (χ0v) is 11.5. The van der Waals surface area contributed by atoms with E-state index in [0.717, 1.165) is 6.07 Å². The zero-order chi connectivity index (χ0) is 16.4. The van der Waals surface area contributed by atoms with Gasteiger partial charge in [0, 0.05) is 5.69 Å². The van der Waals surface area contributed by atoms with Gasteiger partial charge >= 0.3 is 12.3 Å². The summed E-state index contributed by atoms with van der Waals surface area (Å²) < 4.78 is 55.0. The van der Waals surface area contributed by atoms with E-state index in [9.17, 15) is 27.2 Å². The summed E-state index contributed by atoms with van der Waals surface area (Å²) in [6, 6.07) is 2.24. The second-order valence-corrected chi connectivity index (χ2v) is 5.15. The number of carbonyl (C=O) groups is 2. The van der Waals surface area contributed by atoms with Crippen LogP contribution in [0.5, 0.6) is 0 Å². The molecule has 8 heteroatoms. The minimum absolute atomic E-state index is 0.125. The summed E-state index contributed by atoms with van der Waals surface area (Å²) in [5, 5.41) is 2.15. The number of anilines is 1. The van der Waals surface area contributed by atoms with Crippen LogP contribution in [-0.4, -0.2) is 23.7 Å². The summed E-state index contributed by atoms with van der Waals surface area (Å²) in [6.07, 6.45) is -6.06. The van der Waals surface area contributed by atoms with Crippen LogP contribution in [-0.2, 0) is 4.74 Å². The lowest BCUT2D eigenvalue weighted by Crippen LogP contribution is -2.27. The highest BCUT2D eigenvalue weighted by Crippen LogP contribution is 2.25. The predicted molar refractivity (Wildman–Crippen MR) is 66.6 cm³/mol. The molecular formula is C13H13F4NO3. The summed E-state index contributed by atoms with van der Waals surface area (Å²) in [6.45, 7) is 4.83. The Balaban J connectivity index is 2.89. The molecule has 0 saturated heterocycles. The van der Waals surface area contributed by atoms with Gasteiger partial charge in [-0.15, -0.1) is 0 Å². The number of ether oxygens (including phenoxy) is 1. The lowest BCUT2D eigenvalue weighted by atomic mass is 10.1. The third kappa shape index (κ3) is 5.05. The molecule has 1 aromatic carbocycles. The van der Waals surface area contributed by atoms with E-state index >= 15 is 0 Å². The van der Waals surface area contributed by atoms with Crippen LogP contribution >= 0.6 is 0 Å². The van der Waals surface area contributed by atoms with Gasteiger partial charge in [-0.2, -0.15) is 13.2 Å². The second kappa shape index (κ2) is 5.71. The number of hydrogen-bond acceptors (Lipinski definition) is 3. The fraction of sp³-hybridized carbons (Fsp3) is 0.385. The lowest BCUT2D eigenvalue weighted by Gasteiger charge is -2.19. The molecular weight excluding hydrogens is 294 g/mol. The molecule has 0 atom stereocenters. The minimum atomic E-state index is -5.17. The molecule has 0 aliphatic heterocycles. The lowest BCUT2D eigenvalue weighted by molar-refractivity contribution is -0.0887. The Bertz CT molecular complexity index is 562. The van der Waals surface area contributed by atoms with Crippen LogP contribution < -0.4 is 5.32 Å². The van der Waals surface area contributed by atoms with Crippen LogP contribution in [0.1, 0.15) is 31.1 Å². The van der Waals surface area contributed by atoms with Crippen LogP contribution in [0.15, 0.2) is 18.2 Å². The molecule has 0 bridgehead atoms. The maximum atomic E-state index is 13.5. The highest BCUT2D eigenvalue weighted by Gasteiger charge is 2.40. The molecule has 116 valence electrons. The maximum absolute atomic E-state index is 13.5. The average Bonchev–Trinajstić information content (AvgIpc) is 2.24. The summed E-state index contributed by atoms with van der Waals surface area (Å²) in [5.41, 5.74) is -2.02. The smallest absolute Gasteiger partial charge is 0.444 e. The van der Waals surface area contributed by atoms with E-state index in [-0.39, 0.29) is 5.69 Å². The van der Waals surface area contributed by atoms with E-state index in [1.54, 1.807) is 20.8 Å². The van der Waals surface area contributed by atoms with E-state index in [1.807, 2.05) is 0 Å². The number of Topliss-reactive ketones (excluding diaryl/α,β-unsaturated/α-hetero) is 1. The Morgan fingerprint density at radius 1 is 1.14 bits per heavy atom. The minimum Gasteiger partial charge on any atom is -0.444 e. The van der Waals surface area contributed by atoms with Crippen molar-refractivity contribution < 1.29 is 31.9 Å². The Morgan fingerprint density at radius 3 is 2.14 bits per heavy atom. The fourth-order valence-electron chi connectivity index (χ4n) is 1.35. The molecule has 0 saturated carbocycles. The van der Waals surface area contributed by atoms with Crippen molar-refractivity contribution in [1.82, 2.24) is 0 Å². The molecule has 0 aliphatic rings. The van der Waals surface area contributed by atoms with E-state index in [1.165, 1.54) is 0 Å². The number of alkyl halides is 3. The van der Waals surface area contributed by atoms with Crippen molar-refractivity contribution in [2.45, 2.75) is 32.5 Å². The highest BCUT2D eigenvalue weighted by atomic mass is 19.4. The molecule has 0 radical (unpaired) electrons. The molecule has 21 heavy (non-hydrogen) atoms. The maximum Gasteiger partial charge on any atom is 0.454 e. The largest absolute Gasteiger partial charge is 0.454 e. The third-order valence-corrected chi connectivity index (χ3v) is 2.12. The number of benzene rings is 1. The number of nitrogens with one attached hydrogen (secondary N) is 1. The quantitative estimate of drug-likeness (QED) is 0.665. The van der Waals surface area contributed by atoms with Crippen molar-refractivity contribution in [2.75, 3.05) is 5.32 Å². The molecule has 1 N–H and O–H groups in total. The van der Waals surface area contributed by atoms with Gasteiger partial charge < -0.3 is 4.74 Å². The van der Waals surface area contributed by atoms with Crippen LogP contribution in [0, 0.1) is 5.82 Å². The standard InChI is InChI=1S/C13H13F4NO3/c1-12(2,3)21-11(20)18-7-4-5-8(9(14)6-7)10(19)13(15,16)17/h4-6H,1-3H3,(H,18,20). The Kier molecular flexibility index (Phi) is 4.60. The van der Waals surface area contributed by atoms with Gasteiger partial charge in [0.1, 0.15) is 11.4 Å². The van der Waals surface area contributed by atoms with E-state index in [4.69, 9.17) is 4.74 Å². The normalized spacial score (nSPS) is 12.0. The van der Waals surface area contributed by atoms with E-state index in [2.05, 4.69) is 5.32 Å². The second-order valence-electron chi connectivity index (χ2n) is 5.15. The molecule has 1 aromatic rings. The number of ketones is 1. The SMILES string of the molecule is CC(C)(C)OC(=O)Nc1ccc(C(=O)C(F)(F)F)c(F)c1. The van der Waals surface area contributed by atoms with Crippen molar-refractivity contribution in [3.8, 4) is 0 Å². The van der Waals surface area contributed by atoms with E-state index in [0.29, 0.717) is 12.1 Å². The van der Waals surface area contributed by atoms with Gasteiger partial charge in [-0.05, 0) is 39.0 Å². The fourth-order valence-corrected chi connectivity index (χ4v) is 1.35. The summed E-state index contributed by atoms with van der Waals surface area (Å²) in [7, 11) is 0. The molecule has 0 fully saturated rings. The average molecular weight is 307 g/mol. The molecule has 1 rings (SSSR count). The summed E-state index contributed by atoms with van der Waals surface area (Å²) in [4.78, 5) is 22.3. The van der Waals surface area contributed by atoms with Crippen LogP contribution in [0.25, 0.3) is 0 Å². The number of amides is 1. The van der Waals surface area contributed by atoms with Gasteiger partial charge in [-0.1, -0.05) is 0 Å². The van der Waals surface area contributed by atoms with Gasteiger partial charge in [0.25, 0.3) is 5.78 Å². The molecule has 0 aromatic heterocycles. The van der Waals surface area contributed by atoms with Crippen molar-refractivity contribution in [3.05, 3.63) is 29.6 Å². The van der Waals surface area contributed by atoms with E-state index < -0.39 is 35.0 Å². The van der Waals surface area contributed by atoms with Crippen molar-refractivity contribution in [2.24, 2.45) is 0 Å². The number of hydrogen-bond donors (Lipinski definition) is 1. The highest BCUT2D eigenvalue weighted by molar-refractivity contribution is 6.01. The van der Waals surface area contributed by atoms with Crippen molar-refractivity contribution >= 4 is 17.6 Å². The molecule has 0 aliphatic carbocycles. The van der Waals surface area contributed by atoms with Gasteiger partial charge in [0.2, 0.25) is 0 Å². The Morgan fingerprint density at radius 2 is 1.71 bits per heavy atom. The Labute approximate surface area is 118 Å². The first kappa shape index (κ1) is 16.9. The summed E-state index contributed by atoms with van der Waals surface area (Å²) in [5.74, 6) is -3.67. The zero-order valence-electron chi connectivity index (χ0n) is 11.5. The molecule has 0 unspecified atom stereocenters. The first-order valence-electron chi connectivity index (χ1n) is 5.81. The number of halogens is 4. The molecule has 0 spiro atoms. The van der Waals surface area contributed by atoms with Gasteiger partial charge in [0.05, 0.1) is 5.56 Å². The van der Waals surface area contributed by atoms with Gasteiger partial charge in [0.15, 0.2) is 0 Å². The summed E-state index contributed by atoms with van der Waals surface area (Å²) >= 11 is 0. The van der Waals surface area contributed by atoms with Crippen molar-refractivity contribution in [1.29, 1.82) is 0 Å². The monoisotopic (exact) mass is 307 g/mol. The van der Waals surface area contributed by atoms with Gasteiger partial charge in [-0.3, -0.25) is 10.1 Å². The van der Waals surface area contributed by atoms with Crippen LogP contribution in [0.3, 0.4) is 0 Å². The predicted octanol–water partition coefficient (Wildman–Crippen LogP) is 3.92. The first-order valence-corrected chi connectivity index (χ1v) is 5.81. The van der Waals surface area contributed by atoms with Crippen LogP contribution in [0.2, 0.25) is 0 Å². The third-order valence-electron chi connectivity index (χ3n) is 2.12. The first-order chi connectivity index (χ1) is 9.40. The van der Waals surface area contributed by atoms with Gasteiger partial charge in [-0.25, -0.2) is 9.18 Å². The Hall–Kier alpha value is -2.12. The van der Waals surface area contributed by atoms with Crippen molar-refractivity contribution in [3.63, 3.8) is 0 Å². The molecule has 1 amide bonds. The number of rotatable bonds is 2. The topological polar surface area (TPSA) is 55.4 Å².